The van der Waals surface area contributed by atoms with Gasteiger partial charge in [-0.1, -0.05) is 0 Å². The van der Waals surface area contributed by atoms with E-state index < -0.39 is 0 Å². The van der Waals surface area contributed by atoms with Crippen molar-refractivity contribution < 1.29 is 14.2 Å². The first-order valence-electron chi connectivity index (χ1n) is 7.96. The van der Waals surface area contributed by atoms with E-state index in [-0.39, 0.29) is 23.4 Å². The molecule has 0 unspecified atom stereocenters. The van der Waals surface area contributed by atoms with E-state index in [9.17, 15) is 0 Å². The zero-order valence-electron chi connectivity index (χ0n) is 12.6. The number of hydrogen-bond donors (Lipinski definition) is 0. The van der Waals surface area contributed by atoms with E-state index in [0.29, 0.717) is 6.10 Å². The fourth-order valence-electron chi connectivity index (χ4n) is 3.97. The highest BCUT2D eigenvalue weighted by Gasteiger charge is 2.47. The SMILES string of the molecule is CC1(C)CCC[C@@]2(C)O[C@H]3CCCO[C@@H]3CC[C@H]2O1. The maximum absolute atomic E-state index is 6.53. The molecule has 0 bridgehead atoms. The normalized spacial score (nSPS) is 46.6. The van der Waals surface area contributed by atoms with Gasteiger partial charge in [0.1, 0.15) is 0 Å². The molecule has 3 saturated heterocycles. The highest BCUT2D eigenvalue weighted by Crippen LogP contribution is 2.42. The Morgan fingerprint density at radius 1 is 0.842 bits per heavy atom. The predicted molar refractivity (Wildman–Crippen MR) is 74.3 cm³/mol. The summed E-state index contributed by atoms with van der Waals surface area (Å²) in [6.07, 6.45) is 8.68. The second-order valence-corrected chi connectivity index (χ2v) is 7.32. The van der Waals surface area contributed by atoms with Crippen molar-refractivity contribution in [3.05, 3.63) is 0 Å². The second-order valence-electron chi connectivity index (χ2n) is 7.32. The smallest absolute Gasteiger partial charge is 0.0920 e. The molecule has 3 heteroatoms. The van der Waals surface area contributed by atoms with Gasteiger partial charge in [-0.3, -0.25) is 0 Å². The van der Waals surface area contributed by atoms with Gasteiger partial charge >= 0.3 is 0 Å². The Labute approximate surface area is 117 Å². The van der Waals surface area contributed by atoms with Gasteiger partial charge in [0, 0.05) is 6.61 Å². The molecule has 0 radical (unpaired) electrons. The molecule has 3 heterocycles. The summed E-state index contributed by atoms with van der Waals surface area (Å²) >= 11 is 0. The van der Waals surface area contributed by atoms with Crippen LogP contribution >= 0.6 is 0 Å². The molecule has 3 aliphatic heterocycles. The average molecular weight is 268 g/mol. The molecule has 0 aromatic rings. The Kier molecular flexibility index (Phi) is 3.65. The Morgan fingerprint density at radius 2 is 1.68 bits per heavy atom. The molecule has 0 aromatic heterocycles. The minimum Gasteiger partial charge on any atom is -0.376 e. The van der Waals surface area contributed by atoms with Gasteiger partial charge < -0.3 is 14.2 Å². The molecule has 0 aliphatic carbocycles. The zero-order chi connectivity index (χ0) is 13.5. The minimum absolute atomic E-state index is 0.0117. The Morgan fingerprint density at radius 3 is 2.53 bits per heavy atom. The third-order valence-electron chi connectivity index (χ3n) is 5.11. The third-order valence-corrected chi connectivity index (χ3v) is 5.11. The van der Waals surface area contributed by atoms with Crippen molar-refractivity contribution in [2.75, 3.05) is 6.61 Å². The zero-order valence-corrected chi connectivity index (χ0v) is 12.6. The molecule has 0 spiro atoms. The Hall–Kier alpha value is -0.120. The van der Waals surface area contributed by atoms with E-state index in [4.69, 9.17) is 14.2 Å². The summed E-state index contributed by atoms with van der Waals surface area (Å²) in [5.41, 5.74) is -0.129. The van der Waals surface area contributed by atoms with Gasteiger partial charge in [-0.25, -0.2) is 0 Å². The summed E-state index contributed by atoms with van der Waals surface area (Å²) in [5.74, 6) is 0. The molecule has 19 heavy (non-hydrogen) atoms. The van der Waals surface area contributed by atoms with Crippen molar-refractivity contribution in [3.8, 4) is 0 Å². The van der Waals surface area contributed by atoms with Crippen LogP contribution < -0.4 is 0 Å². The monoisotopic (exact) mass is 268 g/mol. The first-order chi connectivity index (χ1) is 8.99. The van der Waals surface area contributed by atoms with Gasteiger partial charge in [0.15, 0.2) is 0 Å². The molecule has 4 atom stereocenters. The van der Waals surface area contributed by atoms with E-state index in [1.807, 2.05) is 0 Å². The molecule has 3 nitrogen and oxygen atoms in total. The lowest BCUT2D eigenvalue weighted by molar-refractivity contribution is -0.200. The van der Waals surface area contributed by atoms with Gasteiger partial charge in [-0.15, -0.1) is 0 Å². The van der Waals surface area contributed by atoms with Crippen LogP contribution in [0.15, 0.2) is 0 Å². The van der Waals surface area contributed by atoms with Crippen molar-refractivity contribution in [2.45, 2.75) is 95.2 Å². The van der Waals surface area contributed by atoms with Crippen LogP contribution in [0.4, 0.5) is 0 Å². The topological polar surface area (TPSA) is 27.7 Å². The van der Waals surface area contributed by atoms with Crippen LogP contribution in [0.1, 0.15) is 65.7 Å². The van der Waals surface area contributed by atoms with Crippen LogP contribution in [-0.4, -0.2) is 36.1 Å². The second kappa shape index (κ2) is 5.01. The number of ether oxygens (including phenoxy) is 3. The first kappa shape index (κ1) is 13.8. The van der Waals surface area contributed by atoms with Crippen molar-refractivity contribution in [2.24, 2.45) is 0 Å². The molecule has 110 valence electrons. The first-order valence-corrected chi connectivity index (χ1v) is 7.96. The van der Waals surface area contributed by atoms with Gasteiger partial charge in [0.2, 0.25) is 0 Å². The molecule has 0 saturated carbocycles. The van der Waals surface area contributed by atoms with Crippen LogP contribution in [-0.2, 0) is 14.2 Å². The van der Waals surface area contributed by atoms with Crippen LogP contribution in [0.3, 0.4) is 0 Å². The van der Waals surface area contributed by atoms with Crippen LogP contribution in [0, 0.1) is 0 Å². The maximum atomic E-state index is 6.53. The largest absolute Gasteiger partial charge is 0.376 e. The lowest BCUT2D eigenvalue weighted by atomic mass is 9.90. The molecular formula is C16H28O3. The maximum Gasteiger partial charge on any atom is 0.0920 e. The summed E-state index contributed by atoms with van der Waals surface area (Å²) in [6, 6.07) is 0. The summed E-state index contributed by atoms with van der Waals surface area (Å²) in [7, 11) is 0. The Bertz CT molecular complexity index is 328. The van der Waals surface area contributed by atoms with Crippen LogP contribution in [0.5, 0.6) is 0 Å². The fourth-order valence-corrected chi connectivity index (χ4v) is 3.97. The summed E-state index contributed by atoms with van der Waals surface area (Å²) in [6.45, 7) is 7.59. The van der Waals surface area contributed by atoms with Crippen molar-refractivity contribution in [1.82, 2.24) is 0 Å². The summed E-state index contributed by atoms with van der Waals surface area (Å²) in [4.78, 5) is 0. The number of fused-ring (bicyclic) bond motifs is 2. The minimum atomic E-state index is -0.117. The summed E-state index contributed by atoms with van der Waals surface area (Å²) in [5, 5.41) is 0. The standard InChI is InChI=1S/C16H28O3/c1-15(2)9-5-10-16(3)14(19-15)8-7-12-13(18-16)6-4-11-17-12/h12-14H,4-11H2,1-3H3/t12-,13+,14-,16-/m1/s1. The fraction of sp³-hybridized carbons (Fsp3) is 1.00. The van der Waals surface area contributed by atoms with Crippen LogP contribution in [0.25, 0.3) is 0 Å². The lowest BCUT2D eigenvalue weighted by Crippen LogP contribution is -2.47. The van der Waals surface area contributed by atoms with Gasteiger partial charge in [-0.2, -0.15) is 0 Å². The van der Waals surface area contributed by atoms with Gasteiger partial charge in [-0.05, 0) is 65.7 Å². The van der Waals surface area contributed by atoms with Crippen LogP contribution in [0.2, 0.25) is 0 Å². The molecule has 3 rings (SSSR count). The van der Waals surface area contributed by atoms with E-state index in [0.717, 1.165) is 45.1 Å². The van der Waals surface area contributed by atoms with Gasteiger partial charge in [0.05, 0.1) is 29.5 Å². The van der Waals surface area contributed by atoms with E-state index in [2.05, 4.69) is 20.8 Å². The molecular weight excluding hydrogens is 240 g/mol. The van der Waals surface area contributed by atoms with E-state index >= 15 is 0 Å². The van der Waals surface area contributed by atoms with Gasteiger partial charge in [0.25, 0.3) is 0 Å². The van der Waals surface area contributed by atoms with E-state index in [1.165, 1.54) is 6.42 Å². The molecule has 0 aromatic carbocycles. The molecule has 0 N–H and O–H groups in total. The third kappa shape index (κ3) is 2.84. The van der Waals surface area contributed by atoms with Crippen molar-refractivity contribution >= 4 is 0 Å². The van der Waals surface area contributed by atoms with Crippen molar-refractivity contribution in [1.29, 1.82) is 0 Å². The summed E-state index contributed by atoms with van der Waals surface area (Å²) < 4.78 is 18.9. The quantitative estimate of drug-likeness (QED) is 0.673. The average Bonchev–Trinajstić information content (AvgIpc) is 2.53. The van der Waals surface area contributed by atoms with E-state index in [1.54, 1.807) is 0 Å². The number of hydrogen-bond acceptors (Lipinski definition) is 3. The number of rotatable bonds is 0. The predicted octanol–water partition coefficient (Wildman–Crippen LogP) is 3.45. The molecule has 3 aliphatic rings. The highest BCUT2D eigenvalue weighted by atomic mass is 16.6. The molecule has 0 amide bonds. The lowest BCUT2D eigenvalue weighted by Gasteiger charge is -2.39. The van der Waals surface area contributed by atoms with Crippen molar-refractivity contribution in [3.63, 3.8) is 0 Å². The highest BCUT2D eigenvalue weighted by molar-refractivity contribution is 4.96. The Balaban J connectivity index is 1.81. The molecule has 3 fully saturated rings.